The van der Waals surface area contributed by atoms with Crippen molar-refractivity contribution < 1.29 is 4.79 Å². The molecule has 0 aliphatic carbocycles. The third-order valence-electron chi connectivity index (χ3n) is 3.29. The Balaban J connectivity index is 2.13. The summed E-state index contributed by atoms with van der Waals surface area (Å²) in [5.41, 5.74) is -0.276. The van der Waals surface area contributed by atoms with Crippen LogP contribution >= 0.6 is 23.2 Å². The van der Waals surface area contributed by atoms with E-state index in [0.717, 1.165) is 10.1 Å². The number of H-pyrrole nitrogens is 1. The lowest BCUT2D eigenvalue weighted by Gasteiger charge is -2.21. The summed E-state index contributed by atoms with van der Waals surface area (Å²) in [7, 11) is 0. The number of nitrogens with zero attached hydrogens (tertiary/aromatic N) is 2. The minimum absolute atomic E-state index is 0.148. The van der Waals surface area contributed by atoms with Gasteiger partial charge in [-0.1, -0.05) is 29.3 Å². The van der Waals surface area contributed by atoms with Crippen LogP contribution in [0.3, 0.4) is 0 Å². The lowest BCUT2D eigenvalue weighted by molar-refractivity contribution is -0.132. The molecule has 2 aromatic rings. The Labute approximate surface area is 142 Å². The molecule has 2 rings (SSSR count). The molecular formula is C15H15Cl2N3O3. The Hall–Kier alpha value is -2.05. The zero-order valence-corrected chi connectivity index (χ0v) is 13.9. The van der Waals surface area contributed by atoms with E-state index >= 15 is 0 Å². The molecule has 122 valence electrons. The molecule has 0 atom stereocenters. The number of carbonyl (C=O) groups excluding carboxylic acids is 1. The van der Waals surface area contributed by atoms with Crippen LogP contribution in [0.4, 0.5) is 0 Å². The molecule has 0 saturated heterocycles. The first-order valence-electron chi connectivity index (χ1n) is 6.92. The Morgan fingerprint density at radius 3 is 2.57 bits per heavy atom. The van der Waals surface area contributed by atoms with Crippen molar-refractivity contribution in [1.82, 2.24) is 14.5 Å². The lowest BCUT2D eigenvalue weighted by Crippen LogP contribution is -2.37. The van der Waals surface area contributed by atoms with E-state index in [1.54, 1.807) is 23.1 Å². The van der Waals surface area contributed by atoms with Gasteiger partial charge in [0.1, 0.15) is 6.54 Å². The van der Waals surface area contributed by atoms with Crippen molar-refractivity contribution in [2.24, 2.45) is 0 Å². The third-order valence-corrected chi connectivity index (χ3v) is 4.03. The van der Waals surface area contributed by atoms with Gasteiger partial charge in [0.05, 0.1) is 10.0 Å². The Morgan fingerprint density at radius 2 is 1.96 bits per heavy atom. The van der Waals surface area contributed by atoms with E-state index in [9.17, 15) is 14.4 Å². The zero-order chi connectivity index (χ0) is 17.0. The molecule has 8 heteroatoms. The Kier molecular flexibility index (Phi) is 5.63. The first kappa shape index (κ1) is 17.3. The Bertz CT molecular complexity index is 829. The molecular weight excluding hydrogens is 341 g/mol. The lowest BCUT2D eigenvalue weighted by atomic mass is 10.2. The molecule has 1 amide bonds. The molecule has 0 aliphatic rings. The van der Waals surface area contributed by atoms with Gasteiger partial charge in [0, 0.05) is 25.4 Å². The number of aromatic nitrogens is 2. The maximum Gasteiger partial charge on any atom is 0.328 e. The summed E-state index contributed by atoms with van der Waals surface area (Å²) in [5, 5.41) is 0.870. The van der Waals surface area contributed by atoms with E-state index in [1.807, 2.05) is 6.92 Å². The number of halogens is 2. The molecule has 1 heterocycles. The monoisotopic (exact) mass is 355 g/mol. The number of rotatable bonds is 5. The first-order chi connectivity index (χ1) is 10.9. The summed E-state index contributed by atoms with van der Waals surface area (Å²) >= 11 is 11.8. The van der Waals surface area contributed by atoms with E-state index < -0.39 is 11.2 Å². The van der Waals surface area contributed by atoms with E-state index in [-0.39, 0.29) is 12.5 Å². The first-order valence-corrected chi connectivity index (χ1v) is 7.67. The topological polar surface area (TPSA) is 75.2 Å². The molecule has 1 N–H and O–H groups in total. The van der Waals surface area contributed by atoms with Gasteiger partial charge >= 0.3 is 5.69 Å². The van der Waals surface area contributed by atoms with Gasteiger partial charge in [-0.3, -0.25) is 19.1 Å². The van der Waals surface area contributed by atoms with Crippen LogP contribution in [-0.2, 0) is 17.9 Å². The fourth-order valence-electron chi connectivity index (χ4n) is 2.05. The summed E-state index contributed by atoms with van der Waals surface area (Å²) < 4.78 is 1.15. The fraction of sp³-hybridized carbons (Fsp3) is 0.267. The highest BCUT2D eigenvalue weighted by atomic mass is 35.5. The maximum absolute atomic E-state index is 12.4. The number of benzene rings is 1. The SMILES string of the molecule is CCN(Cc1ccc(Cl)c(Cl)c1)C(=O)Cn1ccc(=O)[nH]c1=O. The molecule has 0 bridgehead atoms. The summed E-state index contributed by atoms with van der Waals surface area (Å²) in [5.74, 6) is -0.243. The van der Waals surface area contributed by atoms with Crippen LogP contribution in [-0.4, -0.2) is 26.9 Å². The van der Waals surface area contributed by atoms with Crippen LogP contribution in [0.1, 0.15) is 12.5 Å². The summed E-state index contributed by atoms with van der Waals surface area (Å²) in [6, 6.07) is 6.36. The van der Waals surface area contributed by atoms with Gasteiger partial charge in [-0.2, -0.15) is 0 Å². The van der Waals surface area contributed by atoms with Crippen LogP contribution in [0.25, 0.3) is 0 Å². The smallest absolute Gasteiger partial charge is 0.328 e. The molecule has 0 spiro atoms. The van der Waals surface area contributed by atoms with Crippen LogP contribution in [0, 0.1) is 0 Å². The molecule has 23 heavy (non-hydrogen) atoms. The van der Waals surface area contributed by atoms with Crippen molar-refractivity contribution in [3.05, 3.63) is 66.9 Å². The largest absolute Gasteiger partial charge is 0.337 e. The summed E-state index contributed by atoms with van der Waals surface area (Å²) in [6.45, 7) is 2.51. The second-order valence-electron chi connectivity index (χ2n) is 4.89. The number of hydrogen-bond donors (Lipinski definition) is 1. The summed E-state index contributed by atoms with van der Waals surface area (Å²) in [4.78, 5) is 38.7. The Morgan fingerprint density at radius 1 is 1.22 bits per heavy atom. The highest BCUT2D eigenvalue weighted by Gasteiger charge is 2.14. The minimum atomic E-state index is -0.614. The van der Waals surface area contributed by atoms with Crippen molar-refractivity contribution in [1.29, 1.82) is 0 Å². The molecule has 0 fully saturated rings. The van der Waals surface area contributed by atoms with Crippen molar-refractivity contribution in [3.8, 4) is 0 Å². The number of nitrogens with one attached hydrogen (secondary N) is 1. The van der Waals surface area contributed by atoms with E-state index in [1.165, 1.54) is 12.3 Å². The zero-order valence-electron chi connectivity index (χ0n) is 12.4. The molecule has 1 aromatic carbocycles. The van der Waals surface area contributed by atoms with Crippen LogP contribution in [0.15, 0.2) is 40.1 Å². The normalized spacial score (nSPS) is 10.6. The van der Waals surface area contributed by atoms with Crippen LogP contribution < -0.4 is 11.2 Å². The quantitative estimate of drug-likeness (QED) is 0.889. The van der Waals surface area contributed by atoms with Crippen molar-refractivity contribution in [3.63, 3.8) is 0 Å². The van der Waals surface area contributed by atoms with Crippen LogP contribution in [0.2, 0.25) is 10.0 Å². The van der Waals surface area contributed by atoms with Gasteiger partial charge in [-0.15, -0.1) is 0 Å². The number of hydrogen-bond acceptors (Lipinski definition) is 3. The van der Waals surface area contributed by atoms with Crippen LogP contribution in [0.5, 0.6) is 0 Å². The molecule has 0 aliphatic heterocycles. The molecule has 6 nitrogen and oxygen atoms in total. The maximum atomic E-state index is 12.4. The molecule has 0 saturated carbocycles. The van der Waals surface area contributed by atoms with E-state index in [2.05, 4.69) is 4.98 Å². The van der Waals surface area contributed by atoms with Crippen molar-refractivity contribution in [2.75, 3.05) is 6.54 Å². The number of aromatic amines is 1. The average Bonchev–Trinajstić information content (AvgIpc) is 2.51. The van der Waals surface area contributed by atoms with Gasteiger partial charge in [-0.25, -0.2) is 4.79 Å². The van der Waals surface area contributed by atoms with Gasteiger partial charge < -0.3 is 4.90 Å². The second-order valence-corrected chi connectivity index (χ2v) is 5.71. The van der Waals surface area contributed by atoms with Gasteiger partial charge in [-0.05, 0) is 24.6 Å². The molecule has 1 aromatic heterocycles. The van der Waals surface area contributed by atoms with Gasteiger partial charge in [0.2, 0.25) is 5.91 Å². The highest BCUT2D eigenvalue weighted by Crippen LogP contribution is 2.23. The summed E-state index contributed by atoms with van der Waals surface area (Å²) in [6.07, 6.45) is 1.30. The van der Waals surface area contributed by atoms with Gasteiger partial charge in [0.15, 0.2) is 0 Å². The average molecular weight is 356 g/mol. The minimum Gasteiger partial charge on any atom is -0.337 e. The number of amides is 1. The van der Waals surface area contributed by atoms with Crippen molar-refractivity contribution in [2.45, 2.75) is 20.0 Å². The molecule has 0 unspecified atom stereocenters. The second kappa shape index (κ2) is 7.48. The predicted octanol–water partition coefficient (Wildman–Crippen LogP) is 1.89. The van der Waals surface area contributed by atoms with E-state index in [4.69, 9.17) is 23.2 Å². The van der Waals surface area contributed by atoms with Crippen molar-refractivity contribution >= 4 is 29.1 Å². The fourth-order valence-corrected chi connectivity index (χ4v) is 2.37. The predicted molar refractivity (Wildman–Crippen MR) is 88.9 cm³/mol. The van der Waals surface area contributed by atoms with Gasteiger partial charge in [0.25, 0.3) is 5.56 Å². The standard InChI is InChI=1S/C15H15Cl2N3O3/c1-2-19(8-10-3-4-11(16)12(17)7-10)14(22)9-20-6-5-13(21)18-15(20)23/h3-7H,2,8-9H2,1H3,(H,18,21,23). The number of likely N-dealkylation sites (N-methyl/N-ethyl adjacent to an activating group) is 1. The van der Waals surface area contributed by atoms with E-state index in [0.29, 0.717) is 23.1 Å². The number of carbonyl (C=O) groups is 1. The third kappa shape index (κ3) is 4.46. The molecule has 0 radical (unpaired) electrons. The highest BCUT2D eigenvalue weighted by molar-refractivity contribution is 6.42.